The molecule has 0 bridgehead atoms. The van der Waals surface area contributed by atoms with E-state index in [1.807, 2.05) is 30.3 Å². The van der Waals surface area contributed by atoms with Crippen LogP contribution < -0.4 is 0 Å². The molecule has 2 heterocycles. The van der Waals surface area contributed by atoms with Gasteiger partial charge in [-0.1, -0.05) is 30.3 Å². The largest absolute Gasteiger partial charge is 0.469 e. The first kappa shape index (κ1) is 15.1. The Morgan fingerprint density at radius 1 is 1.13 bits per heavy atom. The fraction of sp³-hybridized carbons (Fsp3) is 0.588. The van der Waals surface area contributed by atoms with E-state index in [4.69, 9.17) is 23.7 Å². The molecule has 1 aromatic carbocycles. The van der Waals surface area contributed by atoms with Gasteiger partial charge in [-0.05, 0) is 0 Å². The van der Waals surface area contributed by atoms with Crippen LogP contribution in [0.3, 0.4) is 0 Å². The molecule has 3 aliphatic rings. The van der Waals surface area contributed by atoms with Gasteiger partial charge in [0, 0.05) is 24.5 Å². The summed E-state index contributed by atoms with van der Waals surface area (Å²) < 4.78 is 28.2. The van der Waals surface area contributed by atoms with Gasteiger partial charge in [-0.3, -0.25) is 4.79 Å². The third-order valence-electron chi connectivity index (χ3n) is 4.97. The number of fused-ring (bicyclic) bond motifs is 3. The summed E-state index contributed by atoms with van der Waals surface area (Å²) in [5, 5.41) is 0. The molecule has 7 atom stereocenters. The van der Waals surface area contributed by atoms with Crippen molar-refractivity contribution in [3.8, 4) is 0 Å². The van der Waals surface area contributed by atoms with E-state index in [0.717, 1.165) is 5.56 Å². The van der Waals surface area contributed by atoms with E-state index in [0.29, 0.717) is 6.61 Å². The highest BCUT2D eigenvalue weighted by Gasteiger charge is 2.69. The Balaban J connectivity index is 1.54. The van der Waals surface area contributed by atoms with Crippen molar-refractivity contribution in [2.75, 3.05) is 20.8 Å². The van der Waals surface area contributed by atoms with E-state index in [9.17, 15) is 4.79 Å². The maximum Gasteiger partial charge on any atom is 0.309 e. The van der Waals surface area contributed by atoms with Gasteiger partial charge in [-0.25, -0.2) is 0 Å². The molecule has 0 spiro atoms. The van der Waals surface area contributed by atoms with Crippen molar-refractivity contribution in [3.63, 3.8) is 0 Å². The van der Waals surface area contributed by atoms with Crippen LogP contribution in [-0.4, -0.2) is 45.3 Å². The van der Waals surface area contributed by atoms with Gasteiger partial charge in [0.25, 0.3) is 0 Å². The lowest BCUT2D eigenvalue weighted by molar-refractivity contribution is -0.316. The zero-order valence-electron chi connectivity index (χ0n) is 13.1. The van der Waals surface area contributed by atoms with E-state index >= 15 is 0 Å². The second-order valence-electron chi connectivity index (χ2n) is 6.16. The molecule has 124 valence electrons. The van der Waals surface area contributed by atoms with Crippen molar-refractivity contribution in [2.24, 2.45) is 17.8 Å². The molecule has 0 N–H and O–H groups in total. The van der Waals surface area contributed by atoms with Crippen molar-refractivity contribution in [3.05, 3.63) is 35.9 Å². The summed E-state index contributed by atoms with van der Waals surface area (Å²) in [6.07, 6.45) is -1.25. The van der Waals surface area contributed by atoms with E-state index in [2.05, 4.69) is 0 Å². The number of methoxy groups -OCH3 is 2. The van der Waals surface area contributed by atoms with Gasteiger partial charge in [0.05, 0.1) is 25.7 Å². The van der Waals surface area contributed by atoms with Crippen LogP contribution in [0.2, 0.25) is 0 Å². The normalized spacial score (nSPS) is 41.6. The average molecular weight is 320 g/mol. The molecule has 1 saturated carbocycles. The van der Waals surface area contributed by atoms with Crippen molar-refractivity contribution in [1.29, 1.82) is 0 Å². The molecule has 0 amide bonds. The van der Waals surface area contributed by atoms with E-state index < -0.39 is 12.6 Å². The third-order valence-corrected chi connectivity index (χ3v) is 4.97. The highest BCUT2D eigenvalue weighted by atomic mass is 16.7. The molecular formula is C17H20O6. The summed E-state index contributed by atoms with van der Waals surface area (Å²) >= 11 is 0. The average Bonchev–Trinajstić information content (AvgIpc) is 3.36. The van der Waals surface area contributed by atoms with Crippen LogP contribution in [0.4, 0.5) is 0 Å². The second-order valence-corrected chi connectivity index (χ2v) is 6.16. The lowest BCUT2D eigenvalue weighted by atomic mass is 10.0. The monoisotopic (exact) mass is 320 g/mol. The molecule has 1 aromatic rings. The minimum Gasteiger partial charge on any atom is -0.469 e. The molecule has 0 unspecified atom stereocenters. The van der Waals surface area contributed by atoms with Crippen LogP contribution in [0.1, 0.15) is 11.9 Å². The van der Waals surface area contributed by atoms with Gasteiger partial charge in [0.2, 0.25) is 0 Å². The molecule has 3 fully saturated rings. The number of carbonyl (C=O) groups excluding carboxylic acids is 1. The first-order valence-corrected chi connectivity index (χ1v) is 7.82. The molecule has 23 heavy (non-hydrogen) atoms. The lowest BCUT2D eigenvalue weighted by Crippen LogP contribution is -2.49. The SMILES string of the molecule is COC(=O)[C@H]1[C@H]2[C@@H]3O[C@H](c4ccccc4)OC[C@H]3O[C@H](OC)[C@@H]12. The summed E-state index contributed by atoms with van der Waals surface area (Å²) in [5.41, 5.74) is 0.964. The molecule has 6 nitrogen and oxygen atoms in total. The van der Waals surface area contributed by atoms with Crippen molar-refractivity contribution >= 4 is 5.97 Å². The zero-order valence-corrected chi connectivity index (χ0v) is 13.1. The highest BCUT2D eigenvalue weighted by Crippen LogP contribution is 2.58. The smallest absolute Gasteiger partial charge is 0.309 e. The highest BCUT2D eigenvalue weighted by molar-refractivity contribution is 5.76. The van der Waals surface area contributed by atoms with Gasteiger partial charge in [-0.2, -0.15) is 0 Å². The fourth-order valence-electron chi connectivity index (χ4n) is 3.85. The lowest BCUT2D eigenvalue weighted by Gasteiger charge is -2.41. The van der Waals surface area contributed by atoms with E-state index in [1.54, 1.807) is 7.11 Å². The Morgan fingerprint density at radius 3 is 2.61 bits per heavy atom. The molecule has 4 rings (SSSR count). The number of carbonyl (C=O) groups is 1. The molecule has 0 aromatic heterocycles. The second kappa shape index (κ2) is 5.87. The Labute approximate surface area is 134 Å². The summed E-state index contributed by atoms with van der Waals surface area (Å²) in [5.74, 6) is -0.406. The number of esters is 1. The Hall–Kier alpha value is -1.47. The molecule has 1 aliphatic carbocycles. The summed E-state index contributed by atoms with van der Waals surface area (Å²) in [6.45, 7) is 0.418. The van der Waals surface area contributed by atoms with Gasteiger partial charge in [0.1, 0.15) is 6.10 Å². The number of ether oxygens (including phenoxy) is 5. The van der Waals surface area contributed by atoms with Crippen LogP contribution in [-0.2, 0) is 28.5 Å². The quantitative estimate of drug-likeness (QED) is 0.787. The maximum absolute atomic E-state index is 12.0. The van der Waals surface area contributed by atoms with E-state index in [-0.39, 0.29) is 35.9 Å². The van der Waals surface area contributed by atoms with Gasteiger partial charge < -0.3 is 23.7 Å². The Morgan fingerprint density at radius 2 is 1.91 bits per heavy atom. The Bertz CT molecular complexity index is 576. The Kier molecular flexibility index (Phi) is 3.85. The van der Waals surface area contributed by atoms with Crippen LogP contribution in [0, 0.1) is 17.8 Å². The number of hydrogen-bond donors (Lipinski definition) is 0. The van der Waals surface area contributed by atoms with Gasteiger partial charge in [0.15, 0.2) is 12.6 Å². The summed E-state index contributed by atoms with van der Waals surface area (Å²) in [6, 6.07) is 9.78. The first-order valence-electron chi connectivity index (χ1n) is 7.82. The molecule has 2 aliphatic heterocycles. The standard InChI is InChI=1S/C17H20O6/c1-19-15(18)12-11-13(12)17(20-2)22-10-8-21-16(23-14(10)11)9-6-4-3-5-7-9/h3-7,10-14,16-17H,8H2,1-2H3/t10-,11-,12+,13-,14-,16-,17+/m1/s1. The fourth-order valence-corrected chi connectivity index (χ4v) is 3.85. The summed E-state index contributed by atoms with van der Waals surface area (Å²) in [4.78, 5) is 12.0. The summed E-state index contributed by atoms with van der Waals surface area (Å²) in [7, 11) is 3.00. The van der Waals surface area contributed by atoms with Crippen molar-refractivity contribution in [1.82, 2.24) is 0 Å². The minimum atomic E-state index is -0.431. The van der Waals surface area contributed by atoms with Crippen molar-refractivity contribution < 1.29 is 28.5 Å². The molecule has 6 heteroatoms. The van der Waals surface area contributed by atoms with E-state index in [1.165, 1.54) is 7.11 Å². The maximum atomic E-state index is 12.0. The molecular weight excluding hydrogens is 300 g/mol. The van der Waals surface area contributed by atoms with Crippen molar-refractivity contribution in [2.45, 2.75) is 24.8 Å². The molecule has 2 saturated heterocycles. The number of hydrogen-bond acceptors (Lipinski definition) is 6. The minimum absolute atomic E-state index is 0.0109. The number of rotatable bonds is 3. The zero-order chi connectivity index (χ0) is 16.0. The molecule has 0 radical (unpaired) electrons. The first-order chi connectivity index (χ1) is 11.2. The van der Waals surface area contributed by atoms with Gasteiger partial charge in [-0.15, -0.1) is 0 Å². The van der Waals surface area contributed by atoms with Crippen LogP contribution in [0.15, 0.2) is 30.3 Å². The topological polar surface area (TPSA) is 63.2 Å². The van der Waals surface area contributed by atoms with Crippen LogP contribution in [0.5, 0.6) is 0 Å². The van der Waals surface area contributed by atoms with Crippen LogP contribution >= 0.6 is 0 Å². The third kappa shape index (κ3) is 2.46. The van der Waals surface area contributed by atoms with Crippen LogP contribution in [0.25, 0.3) is 0 Å². The predicted octanol–water partition coefficient (Wildman–Crippen LogP) is 1.51. The van der Waals surface area contributed by atoms with Gasteiger partial charge >= 0.3 is 5.97 Å². The predicted molar refractivity (Wildman–Crippen MR) is 78.2 cm³/mol. The number of benzene rings is 1.